The molecule has 0 spiro atoms. The number of ether oxygens (including phenoxy) is 5. The first-order valence-corrected chi connectivity index (χ1v) is 23.7. The highest BCUT2D eigenvalue weighted by Crippen LogP contribution is 2.62. The van der Waals surface area contributed by atoms with E-state index in [1.807, 2.05) is 103 Å². The van der Waals surface area contributed by atoms with Crippen molar-refractivity contribution in [3.05, 3.63) is 144 Å². The van der Waals surface area contributed by atoms with Gasteiger partial charge in [-0.1, -0.05) is 90.8 Å². The van der Waals surface area contributed by atoms with E-state index in [4.69, 9.17) is 33.7 Å². The number of carbonyl (C=O) groups excluding carboxylic acids is 1. The summed E-state index contributed by atoms with van der Waals surface area (Å²) in [6.07, 6.45) is 10.4. The van der Waals surface area contributed by atoms with Crippen LogP contribution in [0.3, 0.4) is 0 Å². The van der Waals surface area contributed by atoms with Gasteiger partial charge in [-0.05, 0) is 103 Å². The van der Waals surface area contributed by atoms with Gasteiger partial charge in [0.25, 0.3) is 0 Å². The fourth-order valence-corrected chi connectivity index (χ4v) is 9.92. The van der Waals surface area contributed by atoms with Crippen molar-refractivity contribution in [1.29, 1.82) is 0 Å². The molecule has 6 atom stereocenters. The standard InChI is InChI=1S/C52H62N2O9S/c1-4-29-60-52-48(54(2)51(57)59-31-30-58-35-37-15-7-5-8-16-37)34-46(53-61-36-38-17-9-6-10-18-38)44-32-39(19-11-13-27-55)43(20-12-14-28-56)49(50(44)52)45-33-41(23-26-47(45)63-52)62-40-21-24-42(64-3)25-22-40/h4-10,15-18,21-26,32-33,39,43,48-50,55-56H,1,11-14,19-20,27-31,34-36H2,2-3H3. The highest BCUT2D eigenvalue weighted by Gasteiger charge is 2.65. The van der Waals surface area contributed by atoms with Crippen molar-refractivity contribution in [2.24, 2.45) is 22.9 Å². The molecule has 4 aromatic rings. The molecule has 1 aliphatic heterocycles. The molecule has 1 saturated carbocycles. The van der Waals surface area contributed by atoms with Crippen LogP contribution in [0.15, 0.2) is 137 Å². The minimum Gasteiger partial charge on any atom is -0.459 e. The van der Waals surface area contributed by atoms with Crippen LogP contribution in [-0.4, -0.2) is 85.1 Å². The van der Waals surface area contributed by atoms with Gasteiger partial charge in [0.2, 0.25) is 5.79 Å². The zero-order chi connectivity index (χ0) is 44.7. The summed E-state index contributed by atoms with van der Waals surface area (Å²) in [5.74, 6) is 0.101. The van der Waals surface area contributed by atoms with E-state index in [0.29, 0.717) is 36.7 Å². The predicted octanol–water partition coefficient (Wildman–Crippen LogP) is 10.3. The average molecular weight is 891 g/mol. The number of carbonyl (C=O) groups is 1. The number of aliphatic hydroxyl groups excluding tert-OH is 2. The van der Waals surface area contributed by atoms with E-state index in [2.05, 4.69) is 18.7 Å². The fraction of sp³-hybridized carbons (Fsp3) is 0.423. The number of benzene rings is 4. The van der Waals surface area contributed by atoms with Gasteiger partial charge in [0.15, 0.2) is 0 Å². The lowest BCUT2D eigenvalue weighted by molar-refractivity contribution is -0.253. The monoisotopic (exact) mass is 890 g/mol. The summed E-state index contributed by atoms with van der Waals surface area (Å²) in [5, 5.41) is 24.8. The van der Waals surface area contributed by atoms with Gasteiger partial charge in [-0.15, -0.1) is 18.3 Å². The summed E-state index contributed by atoms with van der Waals surface area (Å²) >= 11 is 1.67. The summed E-state index contributed by atoms with van der Waals surface area (Å²) < 4.78 is 32.6. The Labute approximate surface area is 382 Å². The van der Waals surface area contributed by atoms with E-state index in [-0.39, 0.29) is 63.8 Å². The molecule has 11 nitrogen and oxygen atoms in total. The fourth-order valence-electron chi connectivity index (χ4n) is 9.51. The molecule has 12 heteroatoms. The first kappa shape index (κ1) is 46.9. The molecule has 1 fully saturated rings. The molecule has 2 aliphatic carbocycles. The molecule has 64 heavy (non-hydrogen) atoms. The second kappa shape index (κ2) is 23.2. The summed E-state index contributed by atoms with van der Waals surface area (Å²) in [4.78, 5) is 23.1. The quantitative estimate of drug-likeness (QED) is 0.0321. The Hall–Kier alpha value is -5.11. The van der Waals surface area contributed by atoms with Crippen LogP contribution in [0.25, 0.3) is 0 Å². The van der Waals surface area contributed by atoms with Crippen LogP contribution in [0.2, 0.25) is 0 Å². The van der Waals surface area contributed by atoms with Crippen LogP contribution >= 0.6 is 11.8 Å². The van der Waals surface area contributed by atoms with Crippen molar-refractivity contribution < 1.29 is 43.5 Å². The van der Waals surface area contributed by atoms with Crippen LogP contribution in [0.5, 0.6) is 17.2 Å². The number of allylic oxidation sites excluding steroid dienone is 1. The molecule has 0 aromatic heterocycles. The second-order valence-corrected chi connectivity index (χ2v) is 17.5. The maximum absolute atomic E-state index is 14.2. The third kappa shape index (κ3) is 11.2. The lowest BCUT2D eigenvalue weighted by Crippen LogP contribution is -2.69. The zero-order valence-electron chi connectivity index (χ0n) is 37.0. The molecule has 0 radical (unpaired) electrons. The lowest BCUT2D eigenvalue weighted by Gasteiger charge is -2.59. The summed E-state index contributed by atoms with van der Waals surface area (Å²) in [6.45, 7) is 5.32. The largest absolute Gasteiger partial charge is 0.459 e. The third-order valence-corrected chi connectivity index (χ3v) is 13.3. The van der Waals surface area contributed by atoms with E-state index in [0.717, 1.165) is 58.6 Å². The number of likely N-dealkylation sites (N-methyl/N-ethyl adjacent to an activating group) is 1. The third-order valence-electron chi connectivity index (χ3n) is 12.5. The highest BCUT2D eigenvalue weighted by atomic mass is 32.2. The SMILES string of the molecule is C=CCOC12Oc3ccc(Oc4ccc(SC)cc4)cc3C3C(CCCCO)C(CCCCO)C=C(C(=NOCc4ccccc4)CC1N(C)C(=O)OCCOCc1ccccc1)C32. The van der Waals surface area contributed by atoms with Crippen LogP contribution in [0.4, 0.5) is 4.79 Å². The maximum atomic E-state index is 14.2. The van der Waals surface area contributed by atoms with E-state index >= 15 is 0 Å². The number of rotatable bonds is 23. The number of thioether (sulfide) groups is 1. The van der Waals surface area contributed by atoms with Crippen molar-refractivity contribution in [3.8, 4) is 17.2 Å². The number of hydrogen-bond acceptors (Lipinski definition) is 11. The smallest absolute Gasteiger partial charge is 0.410 e. The minimum absolute atomic E-state index is 0.0521. The molecule has 3 aliphatic rings. The van der Waals surface area contributed by atoms with Crippen LogP contribution < -0.4 is 9.47 Å². The topological polar surface area (TPSA) is 129 Å². The summed E-state index contributed by atoms with van der Waals surface area (Å²) in [5.41, 5.74) is 4.63. The summed E-state index contributed by atoms with van der Waals surface area (Å²) in [7, 11) is 1.72. The molecule has 0 saturated heterocycles. The first-order chi connectivity index (χ1) is 31.4. The number of amides is 1. The molecule has 1 amide bonds. The van der Waals surface area contributed by atoms with Gasteiger partial charge in [0.1, 0.15) is 36.5 Å². The Morgan fingerprint density at radius 1 is 0.891 bits per heavy atom. The zero-order valence-corrected chi connectivity index (χ0v) is 37.8. The highest BCUT2D eigenvalue weighted by molar-refractivity contribution is 7.98. The number of fused-ring (bicyclic) bond motifs is 2. The Kier molecular flexibility index (Phi) is 17.0. The van der Waals surface area contributed by atoms with E-state index in [9.17, 15) is 15.0 Å². The van der Waals surface area contributed by atoms with Gasteiger partial charge in [0, 0.05) is 43.1 Å². The molecular weight excluding hydrogens is 829 g/mol. The Morgan fingerprint density at radius 3 is 2.27 bits per heavy atom. The van der Waals surface area contributed by atoms with Crippen molar-refractivity contribution >= 4 is 23.6 Å². The van der Waals surface area contributed by atoms with Crippen molar-refractivity contribution in [3.63, 3.8) is 0 Å². The van der Waals surface area contributed by atoms with Crippen molar-refractivity contribution in [2.75, 3.05) is 46.3 Å². The second-order valence-electron chi connectivity index (χ2n) is 16.6. The molecule has 4 aromatic carbocycles. The molecule has 1 heterocycles. The molecule has 340 valence electrons. The molecule has 7 rings (SSSR count). The first-order valence-electron chi connectivity index (χ1n) is 22.5. The van der Waals surface area contributed by atoms with Gasteiger partial charge in [0.05, 0.1) is 31.5 Å². The molecule has 2 N–H and O–H groups in total. The van der Waals surface area contributed by atoms with E-state index < -0.39 is 23.8 Å². The molecule has 6 unspecified atom stereocenters. The van der Waals surface area contributed by atoms with Gasteiger partial charge in [-0.2, -0.15) is 0 Å². The Balaban J connectivity index is 1.31. The number of aliphatic hydroxyl groups is 2. The van der Waals surface area contributed by atoms with Crippen LogP contribution in [0, 0.1) is 17.8 Å². The van der Waals surface area contributed by atoms with Gasteiger partial charge < -0.3 is 43.6 Å². The van der Waals surface area contributed by atoms with Gasteiger partial charge >= 0.3 is 6.09 Å². The van der Waals surface area contributed by atoms with Crippen LogP contribution in [0.1, 0.15) is 67.6 Å². The number of hydrogen-bond donors (Lipinski definition) is 2. The van der Waals surface area contributed by atoms with Crippen LogP contribution in [-0.2, 0) is 32.3 Å². The summed E-state index contributed by atoms with van der Waals surface area (Å²) in [6, 6.07) is 33.0. The lowest BCUT2D eigenvalue weighted by atomic mass is 9.55. The van der Waals surface area contributed by atoms with Gasteiger partial charge in [-0.25, -0.2) is 4.79 Å². The predicted molar refractivity (Wildman–Crippen MR) is 250 cm³/mol. The van der Waals surface area contributed by atoms with Crippen molar-refractivity contribution in [2.45, 2.75) is 80.8 Å². The van der Waals surface area contributed by atoms with Crippen molar-refractivity contribution in [1.82, 2.24) is 4.90 Å². The Bertz CT molecular complexity index is 2170. The van der Waals surface area contributed by atoms with E-state index in [1.165, 1.54) is 0 Å². The number of oxime groups is 1. The average Bonchev–Trinajstić information content (AvgIpc) is 3.32. The molecule has 0 bridgehead atoms. The van der Waals surface area contributed by atoms with Gasteiger partial charge in [-0.3, -0.25) is 0 Å². The van der Waals surface area contributed by atoms with E-state index in [1.54, 1.807) is 29.8 Å². The number of unbranched alkanes of at least 4 members (excludes halogenated alkanes) is 2. The number of nitrogens with zero attached hydrogens (tertiary/aromatic N) is 2. The normalized spacial score (nSPS) is 22.7. The maximum Gasteiger partial charge on any atom is 0.410 e. The minimum atomic E-state index is -1.41. The molecular formula is C52H62N2O9S. The Morgan fingerprint density at radius 2 is 1.58 bits per heavy atom.